The first-order valence-corrected chi connectivity index (χ1v) is 6.14. The van der Waals surface area contributed by atoms with Gasteiger partial charge in [-0.05, 0) is 43.9 Å². The van der Waals surface area contributed by atoms with Crippen molar-refractivity contribution in [2.75, 3.05) is 0 Å². The molecule has 0 saturated carbocycles. The van der Waals surface area contributed by atoms with Crippen LogP contribution >= 0.6 is 0 Å². The van der Waals surface area contributed by atoms with Gasteiger partial charge in [-0.15, -0.1) is 6.42 Å². The van der Waals surface area contributed by atoms with E-state index in [0.717, 1.165) is 6.42 Å². The van der Waals surface area contributed by atoms with E-state index in [-0.39, 0.29) is 0 Å². The maximum Gasteiger partial charge on any atom is 0.0452 e. The molecular weight excluding hydrogens is 192 g/mol. The molecule has 0 aromatic heterocycles. The summed E-state index contributed by atoms with van der Waals surface area (Å²) in [4.78, 5) is 0. The predicted molar refractivity (Wildman–Crippen MR) is 71.8 cm³/mol. The number of benzene rings is 1. The van der Waals surface area contributed by atoms with Gasteiger partial charge in [0.25, 0.3) is 0 Å². The van der Waals surface area contributed by atoms with Gasteiger partial charge in [0, 0.05) is 5.92 Å². The standard InChI is InChI=1S/C16H22/c1-6-8-9-15(7-2)16-11-12(3)10-13(4)14(16)5/h2,10-11,15H,6,8-9H2,1,3-5H3. The molecule has 0 heteroatoms. The van der Waals surface area contributed by atoms with Crippen LogP contribution in [0, 0.1) is 33.1 Å². The predicted octanol–water partition coefficient (Wildman–Crippen LogP) is 4.52. The van der Waals surface area contributed by atoms with Gasteiger partial charge in [-0.1, -0.05) is 43.4 Å². The van der Waals surface area contributed by atoms with Crippen LogP contribution < -0.4 is 0 Å². The van der Waals surface area contributed by atoms with Gasteiger partial charge in [0.2, 0.25) is 0 Å². The minimum Gasteiger partial charge on any atom is -0.119 e. The Kier molecular flexibility index (Phi) is 4.62. The Morgan fingerprint density at radius 3 is 2.50 bits per heavy atom. The fourth-order valence-corrected chi connectivity index (χ4v) is 2.17. The summed E-state index contributed by atoms with van der Waals surface area (Å²) in [6, 6.07) is 4.48. The maximum atomic E-state index is 5.66. The van der Waals surface area contributed by atoms with Gasteiger partial charge in [0.15, 0.2) is 0 Å². The molecule has 1 aromatic carbocycles. The van der Waals surface area contributed by atoms with Crippen molar-refractivity contribution in [2.45, 2.75) is 52.9 Å². The van der Waals surface area contributed by atoms with Crippen molar-refractivity contribution in [3.05, 3.63) is 34.4 Å². The summed E-state index contributed by atoms with van der Waals surface area (Å²) < 4.78 is 0. The Morgan fingerprint density at radius 2 is 1.94 bits per heavy atom. The van der Waals surface area contributed by atoms with E-state index in [0.29, 0.717) is 5.92 Å². The summed E-state index contributed by atoms with van der Waals surface area (Å²) in [5.41, 5.74) is 5.39. The Balaban J connectivity index is 3.05. The fraction of sp³-hybridized carbons (Fsp3) is 0.500. The van der Waals surface area contributed by atoms with Gasteiger partial charge in [0.1, 0.15) is 0 Å². The molecule has 0 fully saturated rings. The zero-order chi connectivity index (χ0) is 12.1. The molecule has 1 atom stereocenters. The lowest BCUT2D eigenvalue weighted by Crippen LogP contribution is -2.01. The second kappa shape index (κ2) is 5.75. The molecule has 0 bridgehead atoms. The number of hydrogen-bond acceptors (Lipinski definition) is 0. The molecule has 0 nitrogen and oxygen atoms in total. The second-order valence-electron chi connectivity index (χ2n) is 4.66. The zero-order valence-electron chi connectivity index (χ0n) is 10.9. The number of unbranched alkanes of at least 4 members (excludes halogenated alkanes) is 1. The zero-order valence-corrected chi connectivity index (χ0v) is 10.9. The van der Waals surface area contributed by atoms with Gasteiger partial charge in [-0.2, -0.15) is 0 Å². The highest BCUT2D eigenvalue weighted by atomic mass is 14.2. The molecule has 0 aliphatic carbocycles. The van der Waals surface area contributed by atoms with E-state index in [1.807, 2.05) is 0 Å². The largest absolute Gasteiger partial charge is 0.119 e. The van der Waals surface area contributed by atoms with Crippen molar-refractivity contribution in [1.82, 2.24) is 0 Å². The normalized spacial score (nSPS) is 12.2. The van der Waals surface area contributed by atoms with Crippen molar-refractivity contribution in [1.29, 1.82) is 0 Å². The average Bonchev–Trinajstić information content (AvgIpc) is 2.25. The topological polar surface area (TPSA) is 0 Å². The van der Waals surface area contributed by atoms with Crippen LogP contribution in [-0.2, 0) is 0 Å². The Morgan fingerprint density at radius 1 is 1.25 bits per heavy atom. The minimum absolute atomic E-state index is 0.290. The van der Waals surface area contributed by atoms with E-state index in [2.05, 4.69) is 45.7 Å². The van der Waals surface area contributed by atoms with Crippen molar-refractivity contribution in [3.8, 4) is 12.3 Å². The van der Waals surface area contributed by atoms with Crippen molar-refractivity contribution in [2.24, 2.45) is 0 Å². The molecule has 1 unspecified atom stereocenters. The lowest BCUT2D eigenvalue weighted by atomic mass is 9.88. The van der Waals surface area contributed by atoms with Crippen LogP contribution in [0.25, 0.3) is 0 Å². The number of hydrogen-bond donors (Lipinski definition) is 0. The highest BCUT2D eigenvalue weighted by Crippen LogP contribution is 2.27. The Hall–Kier alpha value is -1.22. The molecule has 86 valence electrons. The van der Waals surface area contributed by atoms with E-state index in [9.17, 15) is 0 Å². The highest BCUT2D eigenvalue weighted by molar-refractivity contribution is 5.41. The van der Waals surface area contributed by atoms with Crippen LogP contribution in [0.4, 0.5) is 0 Å². The summed E-state index contributed by atoms with van der Waals surface area (Å²) in [5.74, 6) is 3.24. The molecular formula is C16H22. The highest BCUT2D eigenvalue weighted by Gasteiger charge is 2.12. The van der Waals surface area contributed by atoms with Crippen LogP contribution in [0.2, 0.25) is 0 Å². The van der Waals surface area contributed by atoms with Crippen LogP contribution in [0.1, 0.15) is 54.4 Å². The van der Waals surface area contributed by atoms with E-state index >= 15 is 0 Å². The number of rotatable bonds is 4. The summed E-state index contributed by atoms with van der Waals surface area (Å²) in [6.07, 6.45) is 9.19. The third-order valence-electron chi connectivity index (χ3n) is 3.27. The van der Waals surface area contributed by atoms with E-state index in [1.54, 1.807) is 0 Å². The van der Waals surface area contributed by atoms with Crippen LogP contribution in [-0.4, -0.2) is 0 Å². The van der Waals surface area contributed by atoms with Crippen LogP contribution in [0.15, 0.2) is 12.1 Å². The summed E-state index contributed by atoms with van der Waals surface area (Å²) in [5, 5.41) is 0. The second-order valence-corrected chi connectivity index (χ2v) is 4.66. The molecule has 16 heavy (non-hydrogen) atoms. The number of aryl methyl sites for hydroxylation is 2. The van der Waals surface area contributed by atoms with E-state index in [1.165, 1.54) is 35.1 Å². The third kappa shape index (κ3) is 2.89. The summed E-state index contributed by atoms with van der Waals surface area (Å²) in [7, 11) is 0. The Labute approximate surface area is 100 Å². The molecule has 0 amide bonds. The van der Waals surface area contributed by atoms with Gasteiger partial charge in [0.05, 0.1) is 0 Å². The molecule has 1 aromatic rings. The molecule has 0 spiro atoms. The SMILES string of the molecule is C#CC(CCCC)c1cc(C)cc(C)c1C. The first kappa shape index (κ1) is 12.8. The monoisotopic (exact) mass is 214 g/mol. The molecule has 0 aliphatic rings. The smallest absolute Gasteiger partial charge is 0.0452 e. The quantitative estimate of drug-likeness (QED) is 0.646. The number of terminal acetylenes is 1. The summed E-state index contributed by atoms with van der Waals surface area (Å²) >= 11 is 0. The average molecular weight is 214 g/mol. The minimum atomic E-state index is 0.290. The van der Waals surface area contributed by atoms with Crippen LogP contribution in [0.5, 0.6) is 0 Å². The molecule has 0 radical (unpaired) electrons. The summed E-state index contributed by atoms with van der Waals surface area (Å²) in [6.45, 7) is 8.70. The first-order chi connectivity index (χ1) is 7.60. The van der Waals surface area contributed by atoms with Crippen LogP contribution in [0.3, 0.4) is 0 Å². The Bertz CT molecular complexity index is 393. The van der Waals surface area contributed by atoms with Gasteiger partial charge < -0.3 is 0 Å². The molecule has 0 N–H and O–H groups in total. The first-order valence-electron chi connectivity index (χ1n) is 6.14. The van der Waals surface area contributed by atoms with Crippen molar-refractivity contribution < 1.29 is 0 Å². The lowest BCUT2D eigenvalue weighted by molar-refractivity contribution is 0.673. The van der Waals surface area contributed by atoms with Gasteiger partial charge >= 0.3 is 0 Å². The van der Waals surface area contributed by atoms with E-state index < -0.39 is 0 Å². The lowest BCUT2D eigenvalue weighted by Gasteiger charge is -2.16. The molecule has 1 rings (SSSR count). The van der Waals surface area contributed by atoms with Crippen molar-refractivity contribution >= 4 is 0 Å². The third-order valence-corrected chi connectivity index (χ3v) is 3.27. The van der Waals surface area contributed by atoms with Gasteiger partial charge in [-0.25, -0.2) is 0 Å². The maximum absolute atomic E-state index is 5.66. The molecule has 0 heterocycles. The molecule has 0 saturated heterocycles. The van der Waals surface area contributed by atoms with Gasteiger partial charge in [-0.3, -0.25) is 0 Å². The van der Waals surface area contributed by atoms with Crippen molar-refractivity contribution in [3.63, 3.8) is 0 Å². The van der Waals surface area contributed by atoms with E-state index in [4.69, 9.17) is 6.42 Å². The fourth-order valence-electron chi connectivity index (χ4n) is 2.17. The molecule has 0 aliphatic heterocycles.